The fraction of sp³-hybridized carbons (Fsp3) is 0.412. The number of aryl methyl sites for hydroxylation is 6. The maximum Gasteiger partial charge on any atom is 0.0236 e. The van der Waals surface area contributed by atoms with Gasteiger partial charge in [-0.05, 0) is 196 Å². The van der Waals surface area contributed by atoms with E-state index in [0.717, 1.165) is 0 Å². The number of rotatable bonds is 2. The van der Waals surface area contributed by atoms with E-state index in [1.54, 1.807) is 0 Å². The fourth-order valence-corrected chi connectivity index (χ4v) is 7.67. The average molecular weight is 483 g/mol. The molecular formula is C34H42S. The lowest BCUT2D eigenvalue weighted by Gasteiger charge is -2.26. The molecule has 4 aromatic rings. The molecule has 0 aliphatic rings. The Morgan fingerprint density at radius 3 is 0.686 bits per heavy atom. The molecule has 0 heterocycles. The first kappa shape index (κ1) is 25.8. The molecule has 0 atom stereocenters. The van der Waals surface area contributed by atoms with Crippen LogP contribution in [-0.4, -0.2) is 0 Å². The minimum absolute atomic E-state index is 1.43. The second-order valence-corrected chi connectivity index (χ2v) is 12.0. The van der Waals surface area contributed by atoms with E-state index < -0.39 is 0 Å². The number of hydrogen-bond donors (Lipinski definition) is 0. The molecule has 0 nitrogen and oxygen atoms in total. The molecule has 35 heavy (non-hydrogen) atoms. The molecule has 0 saturated carbocycles. The summed E-state index contributed by atoms with van der Waals surface area (Å²) in [6, 6.07) is 0. The van der Waals surface area contributed by atoms with Gasteiger partial charge in [-0.25, -0.2) is 0 Å². The van der Waals surface area contributed by atoms with E-state index in [1.807, 2.05) is 11.8 Å². The molecule has 0 unspecified atom stereocenters. The van der Waals surface area contributed by atoms with Gasteiger partial charge in [0.2, 0.25) is 0 Å². The Kier molecular flexibility index (Phi) is 6.42. The Bertz CT molecular complexity index is 1440. The van der Waals surface area contributed by atoms with Crippen molar-refractivity contribution < 1.29 is 0 Å². The second kappa shape index (κ2) is 8.70. The molecule has 1 heteroatoms. The highest BCUT2D eigenvalue weighted by molar-refractivity contribution is 8.00. The third-order valence-corrected chi connectivity index (χ3v) is 11.1. The average Bonchev–Trinajstić information content (AvgIpc) is 2.83. The molecule has 4 aromatic carbocycles. The smallest absolute Gasteiger partial charge is 0.0236 e. The van der Waals surface area contributed by atoms with Gasteiger partial charge in [0.25, 0.3) is 0 Å². The Morgan fingerprint density at radius 1 is 0.229 bits per heavy atom. The van der Waals surface area contributed by atoms with Crippen molar-refractivity contribution in [3.63, 3.8) is 0 Å². The lowest BCUT2D eigenvalue weighted by Crippen LogP contribution is -2.03. The molecule has 0 amide bonds. The molecule has 184 valence electrons. The van der Waals surface area contributed by atoms with Crippen LogP contribution in [0.3, 0.4) is 0 Å². The van der Waals surface area contributed by atoms with E-state index in [4.69, 9.17) is 0 Å². The highest BCUT2D eigenvalue weighted by atomic mass is 32.2. The third kappa shape index (κ3) is 3.49. The third-order valence-electron chi connectivity index (χ3n) is 9.71. The first-order valence-corrected chi connectivity index (χ1v) is 13.7. The quantitative estimate of drug-likeness (QED) is 0.274. The number of hydrogen-bond acceptors (Lipinski definition) is 1. The molecule has 0 N–H and O–H groups in total. The minimum atomic E-state index is 1.43. The standard InChI is InChI=1S/C34H42S/c1-15-17(3)25(11)31-29(21(15)7)23(9)19(5)27(13)33(31)35-34-28(14)20(6)24(10)30-22(8)16(2)18(4)26(12)32(30)34/h1-14H3. The Morgan fingerprint density at radius 2 is 0.429 bits per heavy atom. The topological polar surface area (TPSA) is 0 Å². The van der Waals surface area contributed by atoms with Gasteiger partial charge in [-0.15, -0.1) is 0 Å². The molecule has 0 spiro atoms. The molecule has 0 aliphatic carbocycles. The largest absolute Gasteiger partial charge is 0.0882 e. The molecule has 0 saturated heterocycles. The second-order valence-electron chi connectivity index (χ2n) is 11.0. The van der Waals surface area contributed by atoms with Gasteiger partial charge in [0.1, 0.15) is 0 Å². The van der Waals surface area contributed by atoms with Crippen LogP contribution in [0.1, 0.15) is 77.9 Å². The van der Waals surface area contributed by atoms with Crippen molar-refractivity contribution in [2.45, 2.75) is 107 Å². The lowest BCUT2D eigenvalue weighted by molar-refractivity contribution is 1.16. The van der Waals surface area contributed by atoms with E-state index in [1.165, 1.54) is 109 Å². The SMILES string of the molecule is Cc1c(C)c(C)c2c(Sc3c(C)c(C)c(C)c4c(C)c(C)c(C)c(C)c34)c(C)c(C)c(C)c2c1C. The summed E-state index contributed by atoms with van der Waals surface area (Å²) in [7, 11) is 0. The zero-order valence-electron chi connectivity index (χ0n) is 24.4. The molecular weight excluding hydrogens is 440 g/mol. The van der Waals surface area contributed by atoms with E-state index >= 15 is 0 Å². The molecule has 0 radical (unpaired) electrons. The van der Waals surface area contributed by atoms with Crippen molar-refractivity contribution in [3.8, 4) is 0 Å². The van der Waals surface area contributed by atoms with Gasteiger partial charge in [0.15, 0.2) is 0 Å². The summed E-state index contributed by atoms with van der Waals surface area (Å²) in [6.07, 6.45) is 0. The summed E-state index contributed by atoms with van der Waals surface area (Å²) >= 11 is 2.02. The predicted octanol–water partition coefficient (Wildman–Crippen LogP) is 10.5. The van der Waals surface area contributed by atoms with Gasteiger partial charge in [0, 0.05) is 9.79 Å². The molecule has 4 rings (SSSR count). The first-order chi connectivity index (χ1) is 16.2. The Balaban J connectivity index is 2.23. The summed E-state index contributed by atoms with van der Waals surface area (Å²) in [5.41, 5.74) is 20.0. The summed E-state index contributed by atoms with van der Waals surface area (Å²) in [5, 5.41) is 5.84. The lowest BCUT2D eigenvalue weighted by atomic mass is 9.86. The van der Waals surface area contributed by atoms with Gasteiger partial charge in [-0.3, -0.25) is 0 Å². The van der Waals surface area contributed by atoms with E-state index in [2.05, 4.69) is 96.9 Å². The normalized spacial score (nSPS) is 11.8. The van der Waals surface area contributed by atoms with Crippen LogP contribution in [0.2, 0.25) is 0 Å². The van der Waals surface area contributed by atoms with E-state index in [9.17, 15) is 0 Å². The minimum Gasteiger partial charge on any atom is -0.0882 e. The van der Waals surface area contributed by atoms with Gasteiger partial charge >= 0.3 is 0 Å². The van der Waals surface area contributed by atoms with Crippen LogP contribution in [-0.2, 0) is 0 Å². The van der Waals surface area contributed by atoms with Gasteiger partial charge in [0.05, 0.1) is 0 Å². The van der Waals surface area contributed by atoms with Crippen molar-refractivity contribution in [1.29, 1.82) is 0 Å². The van der Waals surface area contributed by atoms with Crippen molar-refractivity contribution in [3.05, 3.63) is 77.9 Å². The van der Waals surface area contributed by atoms with Crippen LogP contribution in [0.4, 0.5) is 0 Å². The number of fused-ring (bicyclic) bond motifs is 2. The van der Waals surface area contributed by atoms with Crippen LogP contribution in [0.15, 0.2) is 9.79 Å². The summed E-state index contributed by atoms with van der Waals surface area (Å²) in [6.45, 7) is 32.4. The first-order valence-electron chi connectivity index (χ1n) is 12.9. The Labute approximate surface area is 217 Å². The highest BCUT2D eigenvalue weighted by Gasteiger charge is 2.23. The van der Waals surface area contributed by atoms with Gasteiger partial charge < -0.3 is 0 Å². The summed E-state index contributed by atoms with van der Waals surface area (Å²) < 4.78 is 0. The zero-order valence-corrected chi connectivity index (χ0v) is 25.2. The van der Waals surface area contributed by atoms with Crippen LogP contribution >= 0.6 is 11.8 Å². The van der Waals surface area contributed by atoms with Crippen molar-refractivity contribution in [1.82, 2.24) is 0 Å². The molecule has 0 aromatic heterocycles. The summed E-state index contributed by atoms with van der Waals surface area (Å²) in [4.78, 5) is 2.88. The van der Waals surface area contributed by atoms with E-state index in [0.29, 0.717) is 0 Å². The number of benzene rings is 4. The maximum absolute atomic E-state index is 2.33. The van der Waals surface area contributed by atoms with Gasteiger partial charge in [-0.2, -0.15) is 0 Å². The van der Waals surface area contributed by atoms with E-state index in [-0.39, 0.29) is 0 Å². The molecule has 0 aliphatic heterocycles. The van der Waals surface area contributed by atoms with Crippen molar-refractivity contribution in [2.75, 3.05) is 0 Å². The maximum atomic E-state index is 2.33. The van der Waals surface area contributed by atoms with Gasteiger partial charge in [-0.1, -0.05) is 11.8 Å². The van der Waals surface area contributed by atoms with Crippen LogP contribution in [0.25, 0.3) is 21.5 Å². The monoisotopic (exact) mass is 482 g/mol. The van der Waals surface area contributed by atoms with Crippen LogP contribution < -0.4 is 0 Å². The Hall–Kier alpha value is -2.25. The van der Waals surface area contributed by atoms with Crippen LogP contribution in [0, 0.1) is 96.9 Å². The van der Waals surface area contributed by atoms with Crippen LogP contribution in [0.5, 0.6) is 0 Å². The highest BCUT2D eigenvalue weighted by Crippen LogP contribution is 2.49. The molecule has 0 fully saturated rings. The van der Waals surface area contributed by atoms with Crippen molar-refractivity contribution in [2.24, 2.45) is 0 Å². The predicted molar refractivity (Wildman–Crippen MR) is 158 cm³/mol. The zero-order chi connectivity index (χ0) is 26.3. The van der Waals surface area contributed by atoms with Crippen molar-refractivity contribution >= 4 is 33.3 Å². The molecule has 0 bridgehead atoms. The fourth-order valence-electron chi connectivity index (χ4n) is 6.14. The summed E-state index contributed by atoms with van der Waals surface area (Å²) in [5.74, 6) is 0.